The molecule has 0 aliphatic heterocycles. The summed E-state index contributed by atoms with van der Waals surface area (Å²) < 4.78 is 2.21. The van der Waals surface area contributed by atoms with E-state index in [1.54, 1.807) is 0 Å². The lowest BCUT2D eigenvalue weighted by Crippen LogP contribution is -2.01. The SMILES string of the molecule is c1ccc2cc3c(cc2c1)c1ncc(-c2ccc4c5ccccc5c5ccccc5c4c2)nc1c1nc(-n2c4ccccc4c4ccccc42)cnc31. The van der Waals surface area contributed by atoms with Crippen LogP contribution in [0.15, 0.2) is 164 Å². The van der Waals surface area contributed by atoms with Crippen molar-refractivity contribution >= 4 is 97.7 Å². The highest BCUT2D eigenvalue weighted by atomic mass is 15.1. The van der Waals surface area contributed by atoms with E-state index in [0.717, 1.165) is 71.7 Å². The first-order chi connectivity index (χ1) is 26.3. The topological polar surface area (TPSA) is 56.5 Å². The maximum atomic E-state index is 5.43. The Labute approximate surface area is 302 Å². The van der Waals surface area contributed by atoms with Gasteiger partial charge >= 0.3 is 0 Å². The Balaban J connectivity index is 1.17. The quantitative estimate of drug-likeness (QED) is 0.135. The molecule has 0 spiro atoms. The van der Waals surface area contributed by atoms with Crippen LogP contribution < -0.4 is 0 Å². The van der Waals surface area contributed by atoms with Crippen molar-refractivity contribution in [2.75, 3.05) is 0 Å². The molecule has 5 nitrogen and oxygen atoms in total. The van der Waals surface area contributed by atoms with Crippen LogP contribution in [-0.2, 0) is 0 Å². The minimum absolute atomic E-state index is 0.730. The third-order valence-electron chi connectivity index (χ3n) is 11.0. The van der Waals surface area contributed by atoms with Crippen molar-refractivity contribution in [2.45, 2.75) is 0 Å². The molecular weight excluding hydrogens is 647 g/mol. The first-order valence-corrected chi connectivity index (χ1v) is 17.9. The fourth-order valence-corrected chi connectivity index (χ4v) is 8.61. The first-order valence-electron chi connectivity index (χ1n) is 17.9. The fraction of sp³-hybridized carbons (Fsp3) is 0. The summed E-state index contributed by atoms with van der Waals surface area (Å²) in [6.07, 6.45) is 3.81. The zero-order valence-electron chi connectivity index (χ0n) is 28.3. The first kappa shape index (κ1) is 28.5. The summed E-state index contributed by atoms with van der Waals surface area (Å²) in [5, 5.41) is 14.1. The van der Waals surface area contributed by atoms with E-state index < -0.39 is 0 Å². The minimum atomic E-state index is 0.730. The molecule has 0 bridgehead atoms. The van der Waals surface area contributed by atoms with Crippen molar-refractivity contribution in [2.24, 2.45) is 0 Å². The Morgan fingerprint density at radius 2 is 0.811 bits per heavy atom. The van der Waals surface area contributed by atoms with E-state index in [1.165, 1.54) is 43.1 Å². The molecule has 3 heterocycles. The Morgan fingerprint density at radius 3 is 1.42 bits per heavy atom. The highest BCUT2D eigenvalue weighted by Crippen LogP contribution is 2.39. The van der Waals surface area contributed by atoms with Gasteiger partial charge in [0.2, 0.25) is 0 Å². The molecule has 0 amide bonds. The largest absolute Gasteiger partial charge is 0.292 e. The van der Waals surface area contributed by atoms with E-state index >= 15 is 0 Å². The number of aromatic nitrogens is 5. The van der Waals surface area contributed by atoms with E-state index in [4.69, 9.17) is 19.9 Å². The summed E-state index contributed by atoms with van der Waals surface area (Å²) in [7, 11) is 0. The Kier molecular flexibility index (Phi) is 5.71. The second kappa shape index (κ2) is 10.6. The highest BCUT2D eigenvalue weighted by Gasteiger charge is 2.19. The van der Waals surface area contributed by atoms with Crippen molar-refractivity contribution in [1.29, 1.82) is 0 Å². The molecule has 12 aromatic rings. The van der Waals surface area contributed by atoms with Crippen molar-refractivity contribution in [3.05, 3.63) is 164 Å². The molecule has 244 valence electrons. The van der Waals surface area contributed by atoms with Gasteiger partial charge in [0.1, 0.15) is 11.0 Å². The molecule has 5 heteroatoms. The number of fused-ring (bicyclic) bond motifs is 16. The van der Waals surface area contributed by atoms with E-state index in [1.807, 2.05) is 12.4 Å². The molecule has 0 unspecified atom stereocenters. The Hall–Kier alpha value is -7.24. The molecule has 0 aliphatic rings. The standard InChI is InChI=1S/C48H27N5/c1-2-12-29-24-40-39(23-28(29)11-1)45-47(48-46(40)50-27-44(52-48)53-42-19-9-7-17-36(42)37-18-8-10-20-43(37)53)51-41(26-49-45)30-21-22-35-33-15-4-3-13-31(33)32-14-5-6-16-34(32)38(35)25-30/h1-27H. The van der Waals surface area contributed by atoms with Crippen molar-refractivity contribution in [1.82, 2.24) is 24.5 Å². The van der Waals surface area contributed by atoms with Gasteiger partial charge in [-0.15, -0.1) is 0 Å². The smallest absolute Gasteiger partial charge is 0.157 e. The third kappa shape index (κ3) is 4.02. The maximum Gasteiger partial charge on any atom is 0.157 e. The van der Waals surface area contributed by atoms with Gasteiger partial charge in [-0.2, -0.15) is 0 Å². The molecule has 0 saturated carbocycles. The number of rotatable bonds is 2. The van der Waals surface area contributed by atoms with Crippen molar-refractivity contribution in [3.63, 3.8) is 0 Å². The van der Waals surface area contributed by atoms with E-state index in [-0.39, 0.29) is 0 Å². The van der Waals surface area contributed by atoms with Gasteiger partial charge < -0.3 is 0 Å². The van der Waals surface area contributed by atoms with Crippen LogP contribution in [0.5, 0.6) is 0 Å². The molecule has 0 N–H and O–H groups in total. The van der Waals surface area contributed by atoms with E-state index in [2.05, 4.69) is 156 Å². The van der Waals surface area contributed by atoms with Gasteiger partial charge in [-0.1, -0.05) is 121 Å². The lowest BCUT2D eigenvalue weighted by Gasteiger charge is -2.14. The lowest BCUT2D eigenvalue weighted by molar-refractivity contribution is 1.08. The van der Waals surface area contributed by atoms with Crippen LogP contribution in [0.1, 0.15) is 0 Å². The van der Waals surface area contributed by atoms with Gasteiger partial charge in [-0.25, -0.2) is 15.0 Å². The Bertz CT molecular complexity index is 3440. The second-order valence-corrected chi connectivity index (χ2v) is 13.8. The molecule has 12 rings (SSSR count). The van der Waals surface area contributed by atoms with Crippen LogP contribution in [-0.4, -0.2) is 24.5 Å². The van der Waals surface area contributed by atoms with Crippen LogP contribution in [0.4, 0.5) is 0 Å². The maximum absolute atomic E-state index is 5.43. The second-order valence-electron chi connectivity index (χ2n) is 13.8. The van der Waals surface area contributed by atoms with Crippen LogP contribution >= 0.6 is 0 Å². The summed E-state index contributed by atoms with van der Waals surface area (Å²) in [5.41, 5.74) is 7.06. The van der Waals surface area contributed by atoms with E-state index in [0.29, 0.717) is 0 Å². The van der Waals surface area contributed by atoms with Gasteiger partial charge in [0.05, 0.1) is 40.2 Å². The summed E-state index contributed by atoms with van der Waals surface area (Å²) in [5.74, 6) is 0.743. The molecule has 0 saturated heterocycles. The van der Waals surface area contributed by atoms with Crippen molar-refractivity contribution < 1.29 is 0 Å². The summed E-state index contributed by atoms with van der Waals surface area (Å²) in [4.78, 5) is 21.2. The average Bonchev–Trinajstić information content (AvgIpc) is 3.57. The third-order valence-corrected chi connectivity index (χ3v) is 11.0. The predicted octanol–water partition coefficient (Wildman–Crippen LogP) is 12.1. The Morgan fingerprint density at radius 1 is 0.340 bits per heavy atom. The lowest BCUT2D eigenvalue weighted by atomic mass is 9.93. The molecule has 0 fully saturated rings. The number of para-hydroxylation sites is 2. The van der Waals surface area contributed by atoms with Crippen molar-refractivity contribution in [3.8, 4) is 17.1 Å². The number of nitrogens with zero attached hydrogens (tertiary/aromatic N) is 5. The molecule has 9 aromatic carbocycles. The molecule has 0 radical (unpaired) electrons. The zero-order valence-corrected chi connectivity index (χ0v) is 28.3. The monoisotopic (exact) mass is 673 g/mol. The number of benzene rings is 9. The molecule has 53 heavy (non-hydrogen) atoms. The van der Waals surface area contributed by atoms with E-state index in [9.17, 15) is 0 Å². The molecule has 0 aliphatic carbocycles. The van der Waals surface area contributed by atoms with Gasteiger partial charge in [0, 0.05) is 27.1 Å². The van der Waals surface area contributed by atoms with Crippen LogP contribution in [0.25, 0.3) is 115 Å². The highest BCUT2D eigenvalue weighted by molar-refractivity contribution is 6.26. The van der Waals surface area contributed by atoms with Gasteiger partial charge in [-0.3, -0.25) is 9.55 Å². The predicted molar refractivity (Wildman–Crippen MR) is 220 cm³/mol. The zero-order chi connectivity index (χ0) is 34.6. The van der Waals surface area contributed by atoms with Gasteiger partial charge in [0.15, 0.2) is 5.82 Å². The summed E-state index contributed by atoms with van der Waals surface area (Å²) >= 11 is 0. The number of hydrogen-bond acceptors (Lipinski definition) is 4. The fourth-order valence-electron chi connectivity index (χ4n) is 8.61. The number of hydrogen-bond donors (Lipinski definition) is 0. The summed E-state index contributed by atoms with van der Waals surface area (Å²) in [6.45, 7) is 0. The minimum Gasteiger partial charge on any atom is -0.292 e. The average molecular weight is 674 g/mol. The van der Waals surface area contributed by atoms with Crippen LogP contribution in [0.2, 0.25) is 0 Å². The molecule has 0 atom stereocenters. The van der Waals surface area contributed by atoms with Gasteiger partial charge in [0.25, 0.3) is 0 Å². The van der Waals surface area contributed by atoms with Crippen LogP contribution in [0, 0.1) is 0 Å². The van der Waals surface area contributed by atoms with Gasteiger partial charge in [-0.05, 0) is 73.4 Å². The normalized spacial score (nSPS) is 12.2. The molecular formula is C48H27N5. The van der Waals surface area contributed by atoms with Crippen LogP contribution in [0.3, 0.4) is 0 Å². The summed E-state index contributed by atoms with van der Waals surface area (Å²) in [6, 6.07) is 53.9. The molecule has 3 aromatic heterocycles.